The van der Waals surface area contributed by atoms with Gasteiger partial charge in [0.2, 0.25) is 5.91 Å². The van der Waals surface area contributed by atoms with E-state index in [0.717, 1.165) is 16.7 Å². The van der Waals surface area contributed by atoms with Crippen molar-refractivity contribution in [2.45, 2.75) is 13.0 Å². The van der Waals surface area contributed by atoms with Gasteiger partial charge in [0.05, 0.1) is 5.56 Å². The van der Waals surface area contributed by atoms with Crippen molar-refractivity contribution in [2.24, 2.45) is 0 Å². The summed E-state index contributed by atoms with van der Waals surface area (Å²) in [6.07, 6.45) is 0. The third-order valence-electron chi connectivity index (χ3n) is 2.90. The van der Waals surface area contributed by atoms with Crippen molar-refractivity contribution in [3.63, 3.8) is 0 Å². The molecule has 1 heterocycles. The number of nitriles is 1. The minimum atomic E-state index is -0.177. The zero-order chi connectivity index (χ0) is 12.4. The molecule has 1 amide bonds. The number of carbonyl (C=O) groups is 1. The van der Waals surface area contributed by atoms with Crippen LogP contribution in [0.4, 0.5) is 5.69 Å². The molecule has 0 aliphatic carbocycles. The summed E-state index contributed by atoms with van der Waals surface area (Å²) in [7, 11) is 0. The first-order chi connectivity index (χ1) is 8.13. The van der Waals surface area contributed by atoms with Crippen LogP contribution in [0, 0.1) is 11.3 Å². The van der Waals surface area contributed by atoms with E-state index in [1.54, 1.807) is 6.07 Å². The summed E-state index contributed by atoms with van der Waals surface area (Å²) in [5.41, 5.74) is 1.56. The maximum atomic E-state index is 11.6. The maximum Gasteiger partial charge on any atom is 0.242 e. The van der Waals surface area contributed by atoms with Crippen LogP contribution in [0.25, 0.3) is 0 Å². The molecular formula is C12H12BrN3O. The smallest absolute Gasteiger partial charge is 0.242 e. The zero-order valence-corrected chi connectivity index (χ0v) is 11.0. The molecule has 0 radical (unpaired) electrons. The lowest BCUT2D eigenvalue weighted by atomic mass is 10.1. The predicted molar refractivity (Wildman–Crippen MR) is 68.7 cm³/mol. The molecule has 0 spiro atoms. The molecule has 1 aromatic carbocycles. The maximum absolute atomic E-state index is 11.6. The fraction of sp³-hybridized carbons (Fsp3) is 0.333. The van der Waals surface area contributed by atoms with E-state index in [9.17, 15) is 4.79 Å². The average Bonchev–Trinajstić information content (AvgIpc) is 2.32. The van der Waals surface area contributed by atoms with Crippen molar-refractivity contribution in [1.29, 1.82) is 5.26 Å². The zero-order valence-electron chi connectivity index (χ0n) is 9.40. The van der Waals surface area contributed by atoms with Gasteiger partial charge in [0.25, 0.3) is 0 Å². The monoisotopic (exact) mass is 293 g/mol. The topological polar surface area (TPSA) is 56.1 Å². The Morgan fingerprint density at radius 1 is 1.59 bits per heavy atom. The summed E-state index contributed by atoms with van der Waals surface area (Å²) in [5, 5.41) is 11.7. The highest BCUT2D eigenvalue weighted by atomic mass is 79.9. The molecular weight excluding hydrogens is 282 g/mol. The Hall–Kier alpha value is -1.54. The molecule has 1 unspecified atom stereocenters. The van der Waals surface area contributed by atoms with Crippen molar-refractivity contribution in [1.82, 2.24) is 5.32 Å². The van der Waals surface area contributed by atoms with Gasteiger partial charge in [0, 0.05) is 23.2 Å². The van der Waals surface area contributed by atoms with Gasteiger partial charge in [-0.05, 0) is 41.1 Å². The van der Waals surface area contributed by atoms with Crippen LogP contribution >= 0.6 is 15.9 Å². The van der Waals surface area contributed by atoms with Gasteiger partial charge in [-0.25, -0.2) is 0 Å². The molecule has 1 aliphatic rings. The van der Waals surface area contributed by atoms with Crippen LogP contribution in [0.5, 0.6) is 0 Å². The molecule has 2 rings (SSSR count). The van der Waals surface area contributed by atoms with E-state index in [1.807, 2.05) is 24.0 Å². The molecule has 1 atom stereocenters. The molecule has 1 N–H and O–H groups in total. The second-order valence-corrected chi connectivity index (χ2v) is 4.79. The average molecular weight is 294 g/mol. The van der Waals surface area contributed by atoms with Crippen LogP contribution in [0.1, 0.15) is 12.5 Å². The van der Waals surface area contributed by atoms with Gasteiger partial charge in [0.1, 0.15) is 12.1 Å². The van der Waals surface area contributed by atoms with Crippen LogP contribution < -0.4 is 10.2 Å². The minimum absolute atomic E-state index is 0.0386. The molecule has 0 saturated carbocycles. The highest BCUT2D eigenvalue weighted by Gasteiger charge is 2.25. The lowest BCUT2D eigenvalue weighted by Gasteiger charge is -2.34. The quantitative estimate of drug-likeness (QED) is 0.856. The number of hydrogen-bond acceptors (Lipinski definition) is 3. The SMILES string of the molecule is CC1C(=O)NCCN1c1ccc(C#N)c(Br)c1. The Morgan fingerprint density at radius 3 is 3.00 bits per heavy atom. The third kappa shape index (κ3) is 2.27. The number of rotatable bonds is 1. The van der Waals surface area contributed by atoms with Crippen molar-refractivity contribution in [3.8, 4) is 6.07 Å². The predicted octanol–water partition coefficient (Wildman–Crippen LogP) is 1.65. The Kier molecular flexibility index (Phi) is 3.34. The van der Waals surface area contributed by atoms with E-state index >= 15 is 0 Å². The Labute approximate surface area is 108 Å². The highest BCUT2D eigenvalue weighted by Crippen LogP contribution is 2.25. The first-order valence-electron chi connectivity index (χ1n) is 5.37. The summed E-state index contributed by atoms with van der Waals surface area (Å²) >= 11 is 3.36. The highest BCUT2D eigenvalue weighted by molar-refractivity contribution is 9.10. The Balaban J connectivity index is 2.31. The Bertz CT molecular complexity index is 495. The van der Waals surface area contributed by atoms with Crippen LogP contribution in [0.15, 0.2) is 22.7 Å². The van der Waals surface area contributed by atoms with Gasteiger partial charge in [-0.2, -0.15) is 5.26 Å². The van der Waals surface area contributed by atoms with E-state index in [1.165, 1.54) is 0 Å². The lowest BCUT2D eigenvalue weighted by Crippen LogP contribution is -2.54. The van der Waals surface area contributed by atoms with E-state index in [2.05, 4.69) is 27.3 Å². The van der Waals surface area contributed by atoms with Crippen molar-refractivity contribution in [3.05, 3.63) is 28.2 Å². The van der Waals surface area contributed by atoms with Gasteiger partial charge in [0.15, 0.2) is 0 Å². The Morgan fingerprint density at radius 2 is 2.35 bits per heavy atom. The largest absolute Gasteiger partial charge is 0.358 e. The second-order valence-electron chi connectivity index (χ2n) is 3.94. The number of hydrogen-bond donors (Lipinski definition) is 1. The standard InChI is InChI=1S/C12H12BrN3O/c1-8-12(17)15-4-5-16(8)10-3-2-9(7-14)11(13)6-10/h2-3,6,8H,4-5H2,1H3,(H,15,17). The van der Waals surface area contributed by atoms with Crippen molar-refractivity contribution < 1.29 is 4.79 Å². The number of anilines is 1. The molecule has 17 heavy (non-hydrogen) atoms. The number of carbonyl (C=O) groups excluding carboxylic acids is 1. The first-order valence-corrected chi connectivity index (χ1v) is 6.17. The van der Waals surface area contributed by atoms with Crippen LogP contribution in [-0.2, 0) is 4.79 Å². The minimum Gasteiger partial charge on any atom is -0.358 e. The summed E-state index contributed by atoms with van der Waals surface area (Å²) in [5.74, 6) is 0.0386. The van der Waals surface area contributed by atoms with Crippen molar-refractivity contribution in [2.75, 3.05) is 18.0 Å². The van der Waals surface area contributed by atoms with Crippen LogP contribution in [0.2, 0.25) is 0 Å². The summed E-state index contributed by atoms with van der Waals surface area (Å²) in [6.45, 7) is 3.31. The molecule has 1 fully saturated rings. The van der Waals surface area contributed by atoms with E-state index in [4.69, 9.17) is 5.26 Å². The van der Waals surface area contributed by atoms with Gasteiger partial charge in [-0.1, -0.05) is 0 Å². The summed E-state index contributed by atoms with van der Waals surface area (Å²) in [6, 6.07) is 7.44. The first kappa shape index (κ1) is 11.9. The van der Waals surface area contributed by atoms with Crippen molar-refractivity contribution >= 4 is 27.5 Å². The molecule has 1 aromatic rings. The molecule has 0 bridgehead atoms. The van der Waals surface area contributed by atoms with Gasteiger partial charge < -0.3 is 10.2 Å². The normalized spacial score (nSPS) is 19.7. The number of piperazine rings is 1. The third-order valence-corrected chi connectivity index (χ3v) is 3.56. The van der Waals surface area contributed by atoms with Gasteiger partial charge in [-0.15, -0.1) is 0 Å². The van der Waals surface area contributed by atoms with Gasteiger partial charge in [-0.3, -0.25) is 4.79 Å². The lowest BCUT2D eigenvalue weighted by molar-refractivity contribution is -0.122. The number of benzene rings is 1. The number of halogens is 1. The molecule has 5 heteroatoms. The molecule has 0 aromatic heterocycles. The van der Waals surface area contributed by atoms with E-state index < -0.39 is 0 Å². The molecule has 1 saturated heterocycles. The molecule has 1 aliphatic heterocycles. The summed E-state index contributed by atoms with van der Waals surface area (Å²) < 4.78 is 0.760. The van der Waals surface area contributed by atoms with E-state index in [-0.39, 0.29) is 11.9 Å². The second kappa shape index (κ2) is 4.76. The van der Waals surface area contributed by atoms with Gasteiger partial charge >= 0.3 is 0 Å². The van der Waals surface area contributed by atoms with Crippen LogP contribution in [-0.4, -0.2) is 25.0 Å². The van der Waals surface area contributed by atoms with E-state index in [0.29, 0.717) is 12.1 Å². The molecule has 88 valence electrons. The van der Waals surface area contributed by atoms with Crippen LogP contribution in [0.3, 0.4) is 0 Å². The molecule has 4 nitrogen and oxygen atoms in total. The number of amides is 1. The summed E-state index contributed by atoms with van der Waals surface area (Å²) in [4.78, 5) is 13.6. The fourth-order valence-corrected chi connectivity index (χ4v) is 2.36. The number of nitrogens with zero attached hydrogens (tertiary/aromatic N) is 2. The number of nitrogens with one attached hydrogen (secondary N) is 1. The fourth-order valence-electron chi connectivity index (χ4n) is 1.91.